The number of rotatable bonds is 3. The minimum absolute atomic E-state index is 0.119. The fourth-order valence-electron chi connectivity index (χ4n) is 1.66. The van der Waals surface area contributed by atoms with Crippen molar-refractivity contribution in [2.45, 2.75) is 13.0 Å². The molecule has 0 saturated carbocycles. The number of benzene rings is 1. The van der Waals surface area contributed by atoms with Gasteiger partial charge in [-0.3, -0.25) is 10.1 Å². The molecule has 1 heterocycles. The van der Waals surface area contributed by atoms with Crippen LogP contribution in [-0.4, -0.2) is 4.92 Å². The molecule has 1 atom stereocenters. The molecule has 0 aliphatic rings. The topological polar surface area (TPSA) is 69.2 Å². The van der Waals surface area contributed by atoms with E-state index >= 15 is 0 Å². The molecule has 4 nitrogen and oxygen atoms in total. The second kappa shape index (κ2) is 4.65. The Hall–Kier alpha value is -1.72. The number of nitrogens with two attached hydrogens (primary N) is 1. The Morgan fingerprint density at radius 2 is 2.12 bits per heavy atom. The van der Waals surface area contributed by atoms with E-state index in [1.54, 1.807) is 30.4 Å². The lowest BCUT2D eigenvalue weighted by Crippen LogP contribution is -2.11. The summed E-state index contributed by atoms with van der Waals surface area (Å²) in [5.74, 6) is 0. The Balaban J connectivity index is 2.40. The second-order valence-electron chi connectivity index (χ2n) is 3.84. The predicted molar refractivity (Wildman–Crippen MR) is 68.2 cm³/mol. The Kier molecular flexibility index (Phi) is 3.21. The molecule has 0 aliphatic heterocycles. The van der Waals surface area contributed by atoms with Crippen LogP contribution in [0.25, 0.3) is 0 Å². The fourth-order valence-corrected chi connectivity index (χ4v) is 2.36. The predicted octanol–water partition coefficient (Wildman–Crippen LogP) is 3.01. The van der Waals surface area contributed by atoms with Gasteiger partial charge in [0.1, 0.15) is 0 Å². The maximum Gasteiger partial charge on any atom is 0.272 e. The molecule has 0 saturated heterocycles. The Morgan fingerprint density at radius 1 is 1.35 bits per heavy atom. The fraction of sp³-hybridized carbons (Fsp3) is 0.167. The smallest absolute Gasteiger partial charge is 0.272 e. The van der Waals surface area contributed by atoms with E-state index in [9.17, 15) is 10.1 Å². The zero-order chi connectivity index (χ0) is 12.4. The first-order chi connectivity index (χ1) is 8.09. The van der Waals surface area contributed by atoms with Gasteiger partial charge in [0.25, 0.3) is 5.69 Å². The van der Waals surface area contributed by atoms with Crippen LogP contribution in [0.1, 0.15) is 22.7 Å². The van der Waals surface area contributed by atoms with Gasteiger partial charge in [-0.15, -0.1) is 0 Å². The molecular weight excluding hydrogens is 236 g/mol. The molecule has 0 unspecified atom stereocenters. The lowest BCUT2D eigenvalue weighted by atomic mass is 10.00. The minimum Gasteiger partial charge on any atom is -0.320 e. The van der Waals surface area contributed by atoms with Crippen LogP contribution in [0.15, 0.2) is 35.0 Å². The van der Waals surface area contributed by atoms with Crippen molar-refractivity contribution in [1.29, 1.82) is 0 Å². The van der Waals surface area contributed by atoms with Crippen LogP contribution in [0.4, 0.5) is 5.69 Å². The van der Waals surface area contributed by atoms with Crippen molar-refractivity contribution in [1.82, 2.24) is 0 Å². The number of hydrogen-bond acceptors (Lipinski definition) is 4. The molecule has 0 aliphatic carbocycles. The van der Waals surface area contributed by atoms with Crippen LogP contribution in [0.2, 0.25) is 0 Å². The third kappa shape index (κ3) is 2.35. The summed E-state index contributed by atoms with van der Waals surface area (Å²) in [6.07, 6.45) is 0. The Labute approximate surface area is 103 Å². The Bertz CT molecular complexity index is 537. The molecule has 0 radical (unpaired) electrons. The van der Waals surface area contributed by atoms with E-state index in [0.29, 0.717) is 5.56 Å². The molecule has 2 rings (SSSR count). The minimum atomic E-state index is -0.376. The molecule has 0 fully saturated rings. The van der Waals surface area contributed by atoms with Crippen molar-refractivity contribution in [3.8, 4) is 0 Å². The summed E-state index contributed by atoms with van der Waals surface area (Å²) in [4.78, 5) is 10.5. The Morgan fingerprint density at radius 3 is 2.71 bits per heavy atom. The van der Waals surface area contributed by atoms with Crippen LogP contribution in [-0.2, 0) is 0 Å². The van der Waals surface area contributed by atoms with Crippen molar-refractivity contribution >= 4 is 17.0 Å². The zero-order valence-electron chi connectivity index (χ0n) is 9.29. The van der Waals surface area contributed by atoms with Crippen LogP contribution < -0.4 is 5.73 Å². The first-order valence-electron chi connectivity index (χ1n) is 5.12. The first kappa shape index (κ1) is 11.8. The lowest BCUT2D eigenvalue weighted by molar-refractivity contribution is -0.385. The summed E-state index contributed by atoms with van der Waals surface area (Å²) in [6.45, 7) is 1.72. The summed E-state index contributed by atoms with van der Waals surface area (Å²) >= 11 is 1.56. The van der Waals surface area contributed by atoms with E-state index in [2.05, 4.69) is 0 Å². The molecule has 5 heteroatoms. The number of hydrogen-bond donors (Lipinski definition) is 1. The summed E-state index contributed by atoms with van der Waals surface area (Å²) in [6, 6.07) is 6.75. The monoisotopic (exact) mass is 248 g/mol. The van der Waals surface area contributed by atoms with Gasteiger partial charge in [-0.25, -0.2) is 0 Å². The van der Waals surface area contributed by atoms with Crippen molar-refractivity contribution in [3.05, 3.63) is 61.8 Å². The molecule has 0 bridgehead atoms. The van der Waals surface area contributed by atoms with E-state index in [0.717, 1.165) is 11.1 Å². The van der Waals surface area contributed by atoms with Gasteiger partial charge >= 0.3 is 0 Å². The molecular formula is C12H12N2O2S. The zero-order valence-corrected chi connectivity index (χ0v) is 10.1. The third-order valence-electron chi connectivity index (χ3n) is 2.69. The maximum absolute atomic E-state index is 10.8. The molecule has 0 amide bonds. The van der Waals surface area contributed by atoms with Crippen LogP contribution >= 0.6 is 11.3 Å². The van der Waals surface area contributed by atoms with E-state index in [4.69, 9.17) is 5.73 Å². The highest BCUT2D eigenvalue weighted by Gasteiger charge is 2.15. The van der Waals surface area contributed by atoms with Crippen LogP contribution in [0.3, 0.4) is 0 Å². The average Bonchev–Trinajstić information content (AvgIpc) is 2.81. The summed E-state index contributed by atoms with van der Waals surface area (Å²) < 4.78 is 0. The second-order valence-corrected chi connectivity index (χ2v) is 4.62. The quantitative estimate of drug-likeness (QED) is 0.670. The maximum atomic E-state index is 10.8. The summed E-state index contributed by atoms with van der Waals surface area (Å²) in [5, 5.41) is 14.7. The standard InChI is InChI=1S/C12H12N2O2S/c1-8-2-3-9(6-11(8)14(15)16)12(13)10-4-5-17-7-10/h2-7,12H,13H2,1H3/t12-/m0/s1. The first-order valence-corrected chi connectivity index (χ1v) is 6.06. The molecule has 2 N–H and O–H groups in total. The summed E-state index contributed by atoms with van der Waals surface area (Å²) in [5.41, 5.74) is 8.58. The van der Waals surface area contributed by atoms with Gasteiger partial charge in [0, 0.05) is 11.6 Å². The van der Waals surface area contributed by atoms with Crippen molar-refractivity contribution in [3.63, 3.8) is 0 Å². The third-order valence-corrected chi connectivity index (χ3v) is 3.39. The van der Waals surface area contributed by atoms with Gasteiger partial charge in [-0.1, -0.05) is 12.1 Å². The van der Waals surface area contributed by atoms with Gasteiger partial charge in [0.05, 0.1) is 11.0 Å². The highest BCUT2D eigenvalue weighted by molar-refractivity contribution is 7.08. The lowest BCUT2D eigenvalue weighted by Gasteiger charge is -2.10. The normalized spacial score (nSPS) is 12.4. The molecule has 2 aromatic rings. The van der Waals surface area contributed by atoms with Crippen molar-refractivity contribution < 1.29 is 4.92 Å². The number of thiophene rings is 1. The van der Waals surface area contributed by atoms with Crippen molar-refractivity contribution in [2.75, 3.05) is 0 Å². The number of nitrogens with zero attached hydrogens (tertiary/aromatic N) is 1. The number of nitro groups is 1. The molecule has 1 aromatic heterocycles. The van der Waals surface area contributed by atoms with E-state index in [1.165, 1.54) is 0 Å². The number of nitro benzene ring substituents is 1. The largest absolute Gasteiger partial charge is 0.320 e. The number of aryl methyl sites for hydroxylation is 1. The highest BCUT2D eigenvalue weighted by atomic mass is 32.1. The van der Waals surface area contributed by atoms with Gasteiger partial charge < -0.3 is 5.73 Å². The van der Waals surface area contributed by atoms with Gasteiger partial charge in [0.2, 0.25) is 0 Å². The van der Waals surface area contributed by atoms with Gasteiger partial charge in [-0.05, 0) is 34.9 Å². The van der Waals surface area contributed by atoms with E-state index in [-0.39, 0.29) is 16.7 Å². The van der Waals surface area contributed by atoms with E-state index < -0.39 is 0 Å². The summed E-state index contributed by atoms with van der Waals surface area (Å²) in [7, 11) is 0. The van der Waals surface area contributed by atoms with E-state index in [1.807, 2.05) is 22.9 Å². The van der Waals surface area contributed by atoms with Crippen molar-refractivity contribution in [2.24, 2.45) is 5.73 Å². The molecule has 17 heavy (non-hydrogen) atoms. The molecule has 1 aromatic carbocycles. The average molecular weight is 248 g/mol. The van der Waals surface area contributed by atoms with Crippen LogP contribution in [0, 0.1) is 17.0 Å². The van der Waals surface area contributed by atoms with Gasteiger partial charge in [0.15, 0.2) is 0 Å². The molecule has 88 valence electrons. The molecule has 0 spiro atoms. The van der Waals surface area contributed by atoms with Gasteiger partial charge in [-0.2, -0.15) is 11.3 Å². The highest BCUT2D eigenvalue weighted by Crippen LogP contribution is 2.26. The van der Waals surface area contributed by atoms with Crippen LogP contribution in [0.5, 0.6) is 0 Å². The SMILES string of the molecule is Cc1ccc([C@H](N)c2ccsc2)cc1[N+](=O)[O-].